The zero-order chi connectivity index (χ0) is 14.0. The molecular formula is C12H7BrF3NOS. The largest absolute Gasteiger partial charge is 0.416 e. The lowest BCUT2D eigenvalue weighted by atomic mass is 10.0. The van der Waals surface area contributed by atoms with E-state index >= 15 is 0 Å². The highest BCUT2D eigenvalue weighted by Gasteiger charge is 2.31. The van der Waals surface area contributed by atoms with Gasteiger partial charge >= 0.3 is 6.18 Å². The van der Waals surface area contributed by atoms with E-state index in [1.54, 1.807) is 5.51 Å². The summed E-state index contributed by atoms with van der Waals surface area (Å²) in [7, 11) is 0. The lowest BCUT2D eigenvalue weighted by Gasteiger charge is -2.09. The summed E-state index contributed by atoms with van der Waals surface area (Å²) in [6.45, 7) is 0. The number of ketones is 1. The van der Waals surface area contributed by atoms with Gasteiger partial charge in [-0.2, -0.15) is 13.2 Å². The van der Waals surface area contributed by atoms with Gasteiger partial charge in [0, 0.05) is 27.5 Å². The van der Waals surface area contributed by atoms with E-state index in [1.807, 2.05) is 0 Å². The second-order valence-corrected chi connectivity index (χ2v) is 5.59. The standard InChI is InChI=1S/C12H7BrF3NOS/c13-10-2-1-7(12(14,15)16)3-9(10)11(18)4-8-5-17-6-19-8/h1-3,5-6H,4H2. The number of hydrogen-bond donors (Lipinski definition) is 0. The van der Waals surface area contributed by atoms with Gasteiger partial charge in [-0.15, -0.1) is 11.3 Å². The molecule has 2 rings (SSSR count). The summed E-state index contributed by atoms with van der Waals surface area (Å²) in [6, 6.07) is 3.05. The van der Waals surface area contributed by atoms with Crippen molar-refractivity contribution < 1.29 is 18.0 Å². The van der Waals surface area contributed by atoms with E-state index in [0.717, 1.165) is 12.1 Å². The fourth-order valence-corrected chi connectivity index (χ4v) is 2.56. The number of carbonyl (C=O) groups is 1. The number of aromatic nitrogens is 1. The van der Waals surface area contributed by atoms with Crippen molar-refractivity contribution in [3.8, 4) is 0 Å². The van der Waals surface area contributed by atoms with Crippen molar-refractivity contribution in [1.29, 1.82) is 0 Å². The van der Waals surface area contributed by atoms with Crippen LogP contribution in [0.3, 0.4) is 0 Å². The number of carbonyl (C=O) groups excluding carboxylic acids is 1. The third kappa shape index (κ3) is 3.42. The highest BCUT2D eigenvalue weighted by molar-refractivity contribution is 9.10. The minimum Gasteiger partial charge on any atom is -0.294 e. The Balaban J connectivity index is 2.31. The average Bonchev–Trinajstić information content (AvgIpc) is 2.80. The SMILES string of the molecule is O=C(Cc1cncs1)c1cc(C(F)(F)F)ccc1Br. The lowest BCUT2D eigenvalue weighted by Crippen LogP contribution is -2.09. The Morgan fingerprint density at radius 1 is 1.37 bits per heavy atom. The fourth-order valence-electron chi connectivity index (χ4n) is 1.50. The van der Waals surface area contributed by atoms with Gasteiger partial charge in [-0.1, -0.05) is 15.9 Å². The minimum absolute atomic E-state index is 0.0308. The van der Waals surface area contributed by atoms with E-state index in [-0.39, 0.29) is 17.8 Å². The molecule has 0 atom stereocenters. The number of benzene rings is 1. The van der Waals surface area contributed by atoms with Crippen molar-refractivity contribution in [1.82, 2.24) is 4.98 Å². The van der Waals surface area contributed by atoms with Gasteiger partial charge in [0.15, 0.2) is 5.78 Å². The first kappa shape index (κ1) is 14.2. The maximum Gasteiger partial charge on any atom is 0.416 e. The number of halogens is 4. The van der Waals surface area contributed by atoms with E-state index in [2.05, 4.69) is 20.9 Å². The average molecular weight is 350 g/mol. The maximum absolute atomic E-state index is 12.6. The Morgan fingerprint density at radius 2 is 2.11 bits per heavy atom. The number of nitrogens with zero attached hydrogens (tertiary/aromatic N) is 1. The molecule has 1 aromatic carbocycles. The van der Waals surface area contributed by atoms with Crippen LogP contribution in [-0.2, 0) is 12.6 Å². The predicted molar refractivity (Wildman–Crippen MR) is 69.3 cm³/mol. The van der Waals surface area contributed by atoms with Crippen molar-refractivity contribution >= 4 is 33.0 Å². The lowest BCUT2D eigenvalue weighted by molar-refractivity contribution is -0.137. The van der Waals surface area contributed by atoms with Crippen molar-refractivity contribution in [2.24, 2.45) is 0 Å². The van der Waals surface area contributed by atoms with Crippen LogP contribution in [0.1, 0.15) is 20.8 Å². The summed E-state index contributed by atoms with van der Waals surface area (Å²) in [6.07, 6.45) is -2.88. The zero-order valence-corrected chi connectivity index (χ0v) is 11.8. The third-order valence-corrected chi connectivity index (χ3v) is 3.88. The molecule has 2 nitrogen and oxygen atoms in total. The summed E-state index contributed by atoms with van der Waals surface area (Å²) in [4.78, 5) is 16.5. The van der Waals surface area contributed by atoms with Gasteiger partial charge < -0.3 is 0 Å². The summed E-state index contributed by atoms with van der Waals surface area (Å²) < 4.78 is 38.2. The molecule has 0 aliphatic carbocycles. The Kier molecular flexibility index (Phi) is 4.05. The molecule has 1 aromatic heterocycles. The topological polar surface area (TPSA) is 30.0 Å². The molecule has 19 heavy (non-hydrogen) atoms. The van der Waals surface area contributed by atoms with Crippen LogP contribution >= 0.6 is 27.3 Å². The van der Waals surface area contributed by atoms with Gasteiger partial charge in [-0.3, -0.25) is 9.78 Å². The maximum atomic E-state index is 12.6. The molecule has 0 unspecified atom stereocenters. The molecule has 0 spiro atoms. The van der Waals surface area contributed by atoms with Crippen molar-refractivity contribution in [2.75, 3.05) is 0 Å². The Hall–Kier alpha value is -1.21. The molecule has 100 valence electrons. The predicted octanol–water partition coefficient (Wildman–Crippen LogP) is 4.35. The minimum atomic E-state index is -4.46. The summed E-state index contributed by atoms with van der Waals surface area (Å²) >= 11 is 4.39. The van der Waals surface area contributed by atoms with Crippen LogP contribution in [0.2, 0.25) is 0 Å². The second-order valence-electron chi connectivity index (χ2n) is 3.76. The molecule has 0 bridgehead atoms. The number of thiazole rings is 1. The van der Waals surface area contributed by atoms with Gasteiger partial charge in [0.2, 0.25) is 0 Å². The third-order valence-electron chi connectivity index (χ3n) is 2.41. The second kappa shape index (κ2) is 5.42. The summed E-state index contributed by atoms with van der Waals surface area (Å²) in [5.41, 5.74) is 0.774. The van der Waals surface area contributed by atoms with Gasteiger partial charge in [0.1, 0.15) is 0 Å². The number of hydrogen-bond acceptors (Lipinski definition) is 3. The van der Waals surface area contributed by atoms with Crippen LogP contribution in [0.5, 0.6) is 0 Å². The quantitative estimate of drug-likeness (QED) is 0.771. The molecule has 7 heteroatoms. The van der Waals surface area contributed by atoms with E-state index in [4.69, 9.17) is 0 Å². The highest BCUT2D eigenvalue weighted by atomic mass is 79.9. The van der Waals surface area contributed by atoms with E-state index in [1.165, 1.54) is 23.6 Å². The molecule has 1 heterocycles. The Morgan fingerprint density at radius 3 is 2.68 bits per heavy atom. The molecule has 0 saturated carbocycles. The van der Waals surface area contributed by atoms with Crippen molar-refractivity contribution in [2.45, 2.75) is 12.6 Å². The first-order valence-electron chi connectivity index (χ1n) is 5.15. The van der Waals surface area contributed by atoms with Gasteiger partial charge in [-0.25, -0.2) is 0 Å². The smallest absolute Gasteiger partial charge is 0.294 e. The summed E-state index contributed by atoms with van der Waals surface area (Å²) in [5, 5.41) is 0. The molecular weight excluding hydrogens is 343 g/mol. The van der Waals surface area contributed by atoms with Crippen LogP contribution < -0.4 is 0 Å². The van der Waals surface area contributed by atoms with Gasteiger partial charge in [0.25, 0.3) is 0 Å². The van der Waals surface area contributed by atoms with Gasteiger partial charge in [0.05, 0.1) is 11.1 Å². The van der Waals surface area contributed by atoms with Crippen molar-refractivity contribution in [3.05, 3.63) is 50.4 Å². The van der Waals surface area contributed by atoms with Crippen LogP contribution in [-0.4, -0.2) is 10.8 Å². The molecule has 0 N–H and O–H groups in total. The van der Waals surface area contributed by atoms with Gasteiger partial charge in [-0.05, 0) is 18.2 Å². The molecule has 0 aliphatic rings. The molecule has 0 radical (unpaired) electrons. The zero-order valence-electron chi connectivity index (χ0n) is 9.37. The summed E-state index contributed by atoms with van der Waals surface area (Å²) in [5.74, 6) is -0.373. The molecule has 0 saturated heterocycles. The van der Waals surface area contributed by atoms with E-state index in [9.17, 15) is 18.0 Å². The van der Waals surface area contributed by atoms with E-state index in [0.29, 0.717) is 9.35 Å². The van der Waals surface area contributed by atoms with Crippen LogP contribution in [0.15, 0.2) is 34.4 Å². The van der Waals surface area contributed by atoms with E-state index < -0.39 is 11.7 Å². The normalized spacial score (nSPS) is 11.6. The highest BCUT2D eigenvalue weighted by Crippen LogP contribution is 2.32. The fraction of sp³-hybridized carbons (Fsp3) is 0.167. The number of rotatable bonds is 3. The monoisotopic (exact) mass is 349 g/mol. The Labute approximate surface area is 119 Å². The number of Topliss-reactive ketones (excluding diaryl/α,β-unsaturated/α-hetero) is 1. The Bertz CT molecular complexity index is 596. The van der Waals surface area contributed by atoms with Crippen LogP contribution in [0, 0.1) is 0 Å². The molecule has 0 fully saturated rings. The first-order chi connectivity index (χ1) is 8.88. The molecule has 0 amide bonds. The number of alkyl halides is 3. The molecule has 2 aromatic rings. The first-order valence-corrected chi connectivity index (χ1v) is 6.82. The van der Waals surface area contributed by atoms with Crippen molar-refractivity contribution in [3.63, 3.8) is 0 Å². The van der Waals surface area contributed by atoms with Crippen LogP contribution in [0.25, 0.3) is 0 Å². The van der Waals surface area contributed by atoms with Crippen LogP contribution in [0.4, 0.5) is 13.2 Å². The molecule has 0 aliphatic heterocycles.